The summed E-state index contributed by atoms with van der Waals surface area (Å²) < 4.78 is 6.13. The molecule has 3 aliphatic rings. The van der Waals surface area contributed by atoms with Gasteiger partial charge in [-0.15, -0.1) is 0 Å². The van der Waals surface area contributed by atoms with Gasteiger partial charge in [0.15, 0.2) is 0 Å². The van der Waals surface area contributed by atoms with E-state index >= 15 is 0 Å². The van der Waals surface area contributed by atoms with Crippen LogP contribution >= 0.6 is 0 Å². The van der Waals surface area contributed by atoms with Gasteiger partial charge in [0, 0.05) is 13.2 Å². The van der Waals surface area contributed by atoms with Crippen molar-refractivity contribution < 1.29 is 14.6 Å². The molecule has 2 aliphatic carbocycles. The van der Waals surface area contributed by atoms with Crippen molar-refractivity contribution in [3.8, 4) is 0 Å². The van der Waals surface area contributed by atoms with Crippen molar-refractivity contribution >= 4 is 6.29 Å². The van der Waals surface area contributed by atoms with E-state index in [1.54, 1.807) is 6.08 Å². The molecule has 0 radical (unpaired) electrons. The van der Waals surface area contributed by atoms with Crippen LogP contribution in [0, 0.1) is 22.7 Å². The fraction of sp³-hybridized carbons (Fsp3) is 0.738. The number of hydrogen-bond acceptors (Lipinski definition) is 3. The number of allylic oxidation sites excluding steroid dienone is 9. The molecule has 1 aliphatic heterocycles. The van der Waals surface area contributed by atoms with Crippen molar-refractivity contribution in [2.45, 2.75) is 165 Å². The molecule has 0 bridgehead atoms. The zero-order valence-electron chi connectivity index (χ0n) is 31.5. The third-order valence-electron chi connectivity index (χ3n) is 10.8. The second-order valence-electron chi connectivity index (χ2n) is 15.9. The second-order valence-corrected chi connectivity index (χ2v) is 15.9. The maximum Gasteiger partial charge on any atom is 0.142 e. The van der Waals surface area contributed by atoms with E-state index in [-0.39, 0.29) is 12.2 Å². The van der Waals surface area contributed by atoms with E-state index in [1.807, 2.05) is 6.92 Å². The number of aliphatic hydroxyl groups is 1. The highest BCUT2D eigenvalue weighted by Gasteiger charge is 2.60. The van der Waals surface area contributed by atoms with Crippen molar-refractivity contribution in [1.82, 2.24) is 0 Å². The molecule has 0 spiro atoms. The van der Waals surface area contributed by atoms with Gasteiger partial charge in [0.1, 0.15) is 6.29 Å². The molecule has 2 saturated carbocycles. The van der Waals surface area contributed by atoms with Gasteiger partial charge in [-0.3, -0.25) is 4.79 Å². The van der Waals surface area contributed by atoms with E-state index in [2.05, 4.69) is 93.5 Å². The molecule has 1 N–H and O–H groups in total. The van der Waals surface area contributed by atoms with Crippen LogP contribution < -0.4 is 0 Å². The quantitative estimate of drug-likeness (QED) is 0.133. The van der Waals surface area contributed by atoms with Crippen LogP contribution in [0.1, 0.15) is 160 Å². The van der Waals surface area contributed by atoms with Gasteiger partial charge in [0.2, 0.25) is 0 Å². The first kappa shape index (κ1) is 41.3. The van der Waals surface area contributed by atoms with E-state index in [9.17, 15) is 4.79 Å². The van der Waals surface area contributed by atoms with Gasteiger partial charge >= 0.3 is 0 Å². The lowest BCUT2D eigenvalue weighted by molar-refractivity contribution is -0.147. The maximum absolute atomic E-state index is 10.0. The predicted octanol–water partition coefficient (Wildman–Crippen LogP) is 12.1. The Hall–Kier alpha value is -1.71. The minimum Gasteiger partial charge on any atom is -0.396 e. The van der Waals surface area contributed by atoms with Crippen molar-refractivity contribution in [1.29, 1.82) is 0 Å². The van der Waals surface area contributed by atoms with Crippen molar-refractivity contribution in [3.63, 3.8) is 0 Å². The number of fused-ring (bicyclic) bond motifs is 3. The lowest BCUT2D eigenvalue weighted by Crippen LogP contribution is -2.55. The number of aliphatic hydroxyl groups excluding tert-OH is 1. The Morgan fingerprint density at radius 2 is 1.22 bits per heavy atom. The zero-order chi connectivity index (χ0) is 34.1. The molecular formula is C42H72O3. The molecule has 4 atom stereocenters. The van der Waals surface area contributed by atoms with Gasteiger partial charge in [0.05, 0.1) is 5.60 Å². The van der Waals surface area contributed by atoms with E-state index < -0.39 is 0 Å². The third-order valence-corrected chi connectivity index (χ3v) is 10.8. The number of carbonyl (C=O) groups excluding carboxylic acids is 1. The summed E-state index contributed by atoms with van der Waals surface area (Å²) in [6, 6.07) is 0. The van der Waals surface area contributed by atoms with Crippen molar-refractivity contribution in [2.24, 2.45) is 22.7 Å². The highest BCUT2D eigenvalue weighted by atomic mass is 16.5. The fourth-order valence-electron chi connectivity index (χ4n) is 8.26. The number of hydrogen-bond donors (Lipinski definition) is 1. The van der Waals surface area contributed by atoms with Crippen LogP contribution in [0.2, 0.25) is 0 Å². The number of carbonyl (C=O) groups is 1. The molecule has 3 fully saturated rings. The monoisotopic (exact) mass is 625 g/mol. The standard InChI is InChI=1S/2C16H28O.C10H16O/c1-14(2)8-5-9-15(3)12(14)6-10-16(4)13(15)7-11-17-16;1-14(2)8-5-9-15(3)10-6-11-16(4)12-7-13-17;1-9(2)5-4-6-10(3)7-8-11/h12-13H,5-11H2,1-4H3;8,10,12,17H,5-7,9,11,13H2,1-4H3;5,7-8H,4,6H2,1-3H3/b;15-10+,16-12+;10-7+. The van der Waals surface area contributed by atoms with Crippen LogP contribution in [0.15, 0.2) is 58.2 Å². The average molecular weight is 625 g/mol. The molecule has 45 heavy (non-hydrogen) atoms. The number of ether oxygens (including phenoxy) is 1. The minimum atomic E-state index is 0.207. The first-order valence-corrected chi connectivity index (χ1v) is 18.0. The highest BCUT2D eigenvalue weighted by molar-refractivity contribution is 5.65. The summed E-state index contributed by atoms with van der Waals surface area (Å²) in [5, 5.41) is 8.71. The van der Waals surface area contributed by atoms with Crippen LogP contribution in [0.5, 0.6) is 0 Å². The van der Waals surface area contributed by atoms with E-state index in [4.69, 9.17) is 9.84 Å². The van der Waals surface area contributed by atoms with Crippen molar-refractivity contribution in [2.75, 3.05) is 13.2 Å². The van der Waals surface area contributed by atoms with E-state index in [0.717, 1.165) is 68.8 Å². The number of aldehydes is 1. The van der Waals surface area contributed by atoms with Gasteiger partial charge in [-0.2, -0.15) is 0 Å². The topological polar surface area (TPSA) is 46.5 Å². The Morgan fingerprint density at radius 1 is 0.689 bits per heavy atom. The predicted molar refractivity (Wildman–Crippen MR) is 197 cm³/mol. The number of rotatable bonds is 12. The van der Waals surface area contributed by atoms with Crippen LogP contribution in [0.4, 0.5) is 0 Å². The molecule has 3 nitrogen and oxygen atoms in total. The first-order valence-electron chi connectivity index (χ1n) is 18.0. The van der Waals surface area contributed by atoms with Gasteiger partial charge in [-0.05, 0) is 161 Å². The molecule has 4 unspecified atom stereocenters. The molecule has 0 aromatic heterocycles. The average Bonchev–Trinajstić information content (AvgIpc) is 3.35. The minimum absolute atomic E-state index is 0.207. The van der Waals surface area contributed by atoms with E-state index in [0.29, 0.717) is 10.8 Å². The molecule has 1 heterocycles. The van der Waals surface area contributed by atoms with E-state index in [1.165, 1.54) is 67.2 Å². The Balaban J connectivity index is 0.000000347. The molecule has 3 heteroatoms. The molecule has 3 rings (SSSR count). The smallest absolute Gasteiger partial charge is 0.142 e. The molecule has 0 amide bonds. The largest absolute Gasteiger partial charge is 0.396 e. The van der Waals surface area contributed by atoms with Gasteiger partial charge in [0.25, 0.3) is 0 Å². The molecule has 258 valence electrons. The lowest BCUT2D eigenvalue weighted by Gasteiger charge is -2.60. The summed E-state index contributed by atoms with van der Waals surface area (Å²) in [6.07, 6.45) is 27.1. The Kier molecular flexibility index (Phi) is 18.8. The van der Waals surface area contributed by atoms with Crippen LogP contribution in [0.3, 0.4) is 0 Å². The van der Waals surface area contributed by atoms with Crippen LogP contribution in [-0.2, 0) is 9.53 Å². The SMILES string of the molecule is CC(C)=CCC/C(C)=C/C=O.CC(C)=CCC/C(C)=C/CC/C(C)=C/CCO.CC1(C)CCCC2(C)C1CCC1(C)OCCC12. The maximum atomic E-state index is 10.0. The summed E-state index contributed by atoms with van der Waals surface area (Å²) in [4.78, 5) is 10.0. The molecule has 1 saturated heterocycles. The normalized spacial score (nSPS) is 27.5. The Morgan fingerprint density at radius 3 is 1.76 bits per heavy atom. The fourth-order valence-corrected chi connectivity index (χ4v) is 8.26. The Bertz CT molecular complexity index is 1030. The first-order chi connectivity index (χ1) is 21.1. The van der Waals surface area contributed by atoms with Crippen LogP contribution in [-0.4, -0.2) is 30.2 Å². The van der Waals surface area contributed by atoms with Gasteiger partial charge in [-0.25, -0.2) is 0 Å². The summed E-state index contributed by atoms with van der Waals surface area (Å²) in [6.45, 7) is 26.0. The van der Waals surface area contributed by atoms with Gasteiger partial charge in [-0.1, -0.05) is 79.4 Å². The highest BCUT2D eigenvalue weighted by Crippen LogP contribution is 2.64. The molecule has 0 aromatic rings. The zero-order valence-corrected chi connectivity index (χ0v) is 31.5. The molecular weight excluding hydrogens is 552 g/mol. The summed E-state index contributed by atoms with van der Waals surface area (Å²) in [7, 11) is 0. The van der Waals surface area contributed by atoms with Crippen molar-refractivity contribution in [3.05, 3.63) is 58.2 Å². The van der Waals surface area contributed by atoms with Gasteiger partial charge < -0.3 is 9.84 Å². The molecule has 0 aromatic carbocycles. The summed E-state index contributed by atoms with van der Waals surface area (Å²) in [5.41, 5.74) is 8.06. The second kappa shape index (κ2) is 20.5. The third kappa shape index (κ3) is 14.7. The van der Waals surface area contributed by atoms with Crippen LogP contribution in [0.25, 0.3) is 0 Å². The summed E-state index contributed by atoms with van der Waals surface area (Å²) in [5.74, 6) is 1.73. The Labute approximate surface area is 279 Å². The lowest BCUT2D eigenvalue weighted by atomic mass is 9.46. The summed E-state index contributed by atoms with van der Waals surface area (Å²) >= 11 is 0.